The maximum atomic E-state index is 13.2. The summed E-state index contributed by atoms with van der Waals surface area (Å²) in [6.07, 6.45) is 7.25. The number of imidazole rings is 1. The minimum atomic E-state index is -0.0938. The number of hydrogen-bond acceptors (Lipinski definition) is 5. The summed E-state index contributed by atoms with van der Waals surface area (Å²) in [5, 5.41) is 0.715. The van der Waals surface area contributed by atoms with E-state index in [4.69, 9.17) is 9.72 Å². The molecule has 0 radical (unpaired) electrons. The van der Waals surface area contributed by atoms with Crippen molar-refractivity contribution in [2.24, 2.45) is 0 Å². The van der Waals surface area contributed by atoms with Gasteiger partial charge in [0, 0.05) is 25.5 Å². The van der Waals surface area contributed by atoms with E-state index in [1.807, 2.05) is 48.0 Å². The maximum Gasteiger partial charge on any atom is 0.266 e. The lowest BCUT2D eigenvalue weighted by Crippen LogP contribution is -2.36. The van der Waals surface area contributed by atoms with Gasteiger partial charge in [0.1, 0.15) is 5.75 Å². The Morgan fingerprint density at radius 1 is 1.22 bits per heavy atom. The van der Waals surface area contributed by atoms with Crippen molar-refractivity contribution in [3.8, 4) is 5.75 Å². The van der Waals surface area contributed by atoms with Crippen LogP contribution in [0.3, 0.4) is 0 Å². The first kappa shape index (κ1) is 23.8. The van der Waals surface area contributed by atoms with Crippen molar-refractivity contribution in [2.75, 3.05) is 18.1 Å². The largest absolute Gasteiger partial charge is 0.483 e. The summed E-state index contributed by atoms with van der Waals surface area (Å²) in [5.74, 6) is 0.634. The van der Waals surface area contributed by atoms with Crippen LogP contribution in [0, 0.1) is 6.92 Å². The average molecular weight is 471 g/mol. The minimum absolute atomic E-state index is 0. The highest BCUT2D eigenvalue weighted by atomic mass is 35.5. The standard InChI is InChI=1S/C24H26N4O2S.ClH/c1-3-19-9-10-20-22(15-19)31-24(26-20)28(13-6-12-27-14-11-25-17-27)23(29)16-30-21-8-5-4-7-18(21)2;/h4-5,7-11,14-15,17H,3,6,12-13,16H2,1-2H3;1H. The molecular formula is C24H27ClN4O2S. The van der Waals surface area contributed by atoms with E-state index >= 15 is 0 Å². The number of thiazole rings is 1. The Hall–Kier alpha value is -2.90. The number of benzene rings is 2. The molecule has 0 bridgehead atoms. The summed E-state index contributed by atoms with van der Waals surface area (Å²) in [6.45, 7) is 5.44. The SMILES string of the molecule is CCc1ccc2nc(N(CCCn3ccnc3)C(=O)COc3ccccc3C)sc2c1.Cl. The molecule has 0 N–H and O–H groups in total. The topological polar surface area (TPSA) is 60.2 Å². The second kappa shape index (κ2) is 11.1. The van der Waals surface area contributed by atoms with Gasteiger partial charge in [0.2, 0.25) is 0 Å². The number of para-hydroxylation sites is 1. The molecule has 32 heavy (non-hydrogen) atoms. The van der Waals surface area contributed by atoms with Gasteiger partial charge in [-0.05, 0) is 49.1 Å². The Balaban J connectivity index is 0.00000289. The lowest BCUT2D eigenvalue weighted by atomic mass is 10.2. The van der Waals surface area contributed by atoms with E-state index in [1.165, 1.54) is 5.56 Å². The number of anilines is 1. The van der Waals surface area contributed by atoms with Crippen LogP contribution in [-0.4, -0.2) is 33.6 Å². The van der Waals surface area contributed by atoms with E-state index in [9.17, 15) is 4.79 Å². The summed E-state index contributed by atoms with van der Waals surface area (Å²) in [5.41, 5.74) is 3.20. The minimum Gasteiger partial charge on any atom is -0.483 e. The molecule has 0 spiro atoms. The van der Waals surface area contributed by atoms with Gasteiger partial charge >= 0.3 is 0 Å². The average Bonchev–Trinajstić information content (AvgIpc) is 3.45. The molecule has 6 nitrogen and oxygen atoms in total. The van der Waals surface area contributed by atoms with Gasteiger partial charge in [0.15, 0.2) is 11.7 Å². The van der Waals surface area contributed by atoms with Crippen molar-refractivity contribution in [1.82, 2.24) is 14.5 Å². The lowest BCUT2D eigenvalue weighted by Gasteiger charge is -2.20. The van der Waals surface area contributed by atoms with Crippen molar-refractivity contribution in [3.05, 3.63) is 72.3 Å². The third-order valence-corrected chi connectivity index (χ3v) is 6.22. The van der Waals surface area contributed by atoms with Crippen LogP contribution in [0.2, 0.25) is 0 Å². The predicted molar refractivity (Wildman–Crippen MR) is 132 cm³/mol. The van der Waals surface area contributed by atoms with E-state index in [0.29, 0.717) is 11.7 Å². The van der Waals surface area contributed by atoms with Gasteiger partial charge in [-0.3, -0.25) is 9.69 Å². The van der Waals surface area contributed by atoms with Gasteiger partial charge in [-0.1, -0.05) is 42.5 Å². The molecule has 2 heterocycles. The van der Waals surface area contributed by atoms with Gasteiger partial charge < -0.3 is 9.30 Å². The van der Waals surface area contributed by atoms with E-state index in [1.54, 1.807) is 28.8 Å². The number of nitrogens with zero attached hydrogens (tertiary/aromatic N) is 4. The van der Waals surface area contributed by atoms with Gasteiger partial charge in [-0.25, -0.2) is 9.97 Å². The van der Waals surface area contributed by atoms with Crippen molar-refractivity contribution in [1.29, 1.82) is 0 Å². The monoisotopic (exact) mass is 470 g/mol. The highest BCUT2D eigenvalue weighted by Gasteiger charge is 2.20. The van der Waals surface area contributed by atoms with Gasteiger partial charge in [0.25, 0.3) is 5.91 Å². The van der Waals surface area contributed by atoms with Crippen LogP contribution in [0.1, 0.15) is 24.5 Å². The Kier molecular flexibility index (Phi) is 8.25. The maximum absolute atomic E-state index is 13.2. The second-order valence-electron chi connectivity index (χ2n) is 7.41. The Labute approximate surface area is 198 Å². The molecule has 0 unspecified atom stereocenters. The number of amides is 1. The van der Waals surface area contributed by atoms with Crippen LogP contribution in [0.4, 0.5) is 5.13 Å². The fourth-order valence-corrected chi connectivity index (χ4v) is 4.46. The molecule has 0 saturated carbocycles. The van der Waals surface area contributed by atoms with Crippen molar-refractivity contribution in [2.45, 2.75) is 33.2 Å². The number of rotatable bonds is 9. The van der Waals surface area contributed by atoms with Crippen LogP contribution >= 0.6 is 23.7 Å². The summed E-state index contributed by atoms with van der Waals surface area (Å²) in [6, 6.07) is 14.0. The van der Waals surface area contributed by atoms with Crippen LogP contribution in [0.5, 0.6) is 5.75 Å². The second-order valence-corrected chi connectivity index (χ2v) is 8.41. The van der Waals surface area contributed by atoms with Crippen molar-refractivity contribution >= 4 is 45.0 Å². The fourth-order valence-electron chi connectivity index (χ4n) is 3.39. The summed E-state index contributed by atoms with van der Waals surface area (Å²) in [7, 11) is 0. The van der Waals surface area contributed by atoms with E-state index < -0.39 is 0 Å². The number of fused-ring (bicyclic) bond motifs is 1. The van der Waals surface area contributed by atoms with Gasteiger partial charge in [-0.15, -0.1) is 12.4 Å². The molecule has 2 aromatic heterocycles. The molecule has 0 aliphatic rings. The molecule has 1 amide bonds. The zero-order chi connectivity index (χ0) is 21.6. The van der Waals surface area contributed by atoms with Crippen LogP contribution in [-0.2, 0) is 17.8 Å². The van der Waals surface area contributed by atoms with Crippen LogP contribution in [0.25, 0.3) is 10.2 Å². The predicted octanol–water partition coefficient (Wildman–Crippen LogP) is 5.29. The number of carbonyl (C=O) groups is 1. The first-order valence-electron chi connectivity index (χ1n) is 10.5. The van der Waals surface area contributed by atoms with E-state index in [0.717, 1.165) is 40.9 Å². The molecule has 0 aliphatic carbocycles. The zero-order valence-electron chi connectivity index (χ0n) is 18.2. The van der Waals surface area contributed by atoms with Crippen molar-refractivity contribution in [3.63, 3.8) is 0 Å². The third-order valence-electron chi connectivity index (χ3n) is 5.18. The number of ether oxygens (including phenoxy) is 1. The zero-order valence-corrected chi connectivity index (χ0v) is 19.9. The molecular weight excluding hydrogens is 444 g/mol. The third kappa shape index (κ3) is 5.66. The van der Waals surface area contributed by atoms with E-state index in [-0.39, 0.29) is 24.9 Å². The highest BCUT2D eigenvalue weighted by molar-refractivity contribution is 7.22. The highest BCUT2D eigenvalue weighted by Crippen LogP contribution is 2.30. The number of aryl methyl sites for hydroxylation is 3. The number of halogens is 1. The molecule has 0 atom stereocenters. The quantitative estimate of drug-likeness (QED) is 0.333. The smallest absolute Gasteiger partial charge is 0.266 e. The molecule has 8 heteroatoms. The molecule has 0 saturated heterocycles. The lowest BCUT2D eigenvalue weighted by molar-refractivity contribution is -0.120. The molecule has 0 fully saturated rings. The summed E-state index contributed by atoms with van der Waals surface area (Å²) >= 11 is 1.56. The number of aromatic nitrogens is 3. The van der Waals surface area contributed by atoms with Crippen LogP contribution < -0.4 is 9.64 Å². The normalized spacial score (nSPS) is 10.7. The fraction of sp³-hybridized carbons (Fsp3) is 0.292. The Bertz CT molecular complexity index is 1160. The first-order chi connectivity index (χ1) is 15.1. The number of hydrogen-bond donors (Lipinski definition) is 0. The molecule has 2 aromatic carbocycles. The summed E-state index contributed by atoms with van der Waals surface area (Å²) in [4.78, 5) is 23.8. The van der Waals surface area contributed by atoms with Crippen LogP contribution in [0.15, 0.2) is 61.2 Å². The van der Waals surface area contributed by atoms with E-state index in [2.05, 4.69) is 24.0 Å². The first-order valence-corrected chi connectivity index (χ1v) is 11.3. The van der Waals surface area contributed by atoms with Gasteiger partial charge in [-0.2, -0.15) is 0 Å². The Morgan fingerprint density at radius 3 is 2.81 bits per heavy atom. The van der Waals surface area contributed by atoms with Gasteiger partial charge in [0.05, 0.1) is 16.5 Å². The molecule has 0 aliphatic heterocycles. The summed E-state index contributed by atoms with van der Waals surface area (Å²) < 4.78 is 8.95. The van der Waals surface area contributed by atoms with Crippen molar-refractivity contribution < 1.29 is 9.53 Å². The molecule has 4 aromatic rings. The Morgan fingerprint density at radius 2 is 2.06 bits per heavy atom. The number of carbonyl (C=O) groups excluding carboxylic acids is 1. The molecule has 4 rings (SSSR count). The molecule has 168 valence electrons.